The molecule has 1 aromatic rings. The third kappa shape index (κ3) is 2.73. The van der Waals surface area contributed by atoms with Crippen LogP contribution < -0.4 is 5.46 Å². The molecule has 0 fully saturated rings. The predicted molar refractivity (Wildman–Crippen MR) is 53.7 cm³/mol. The van der Waals surface area contributed by atoms with E-state index in [4.69, 9.17) is 10.0 Å². The van der Waals surface area contributed by atoms with Crippen LogP contribution in [0.3, 0.4) is 0 Å². The van der Waals surface area contributed by atoms with Gasteiger partial charge in [-0.1, -0.05) is 15.9 Å². The van der Waals surface area contributed by atoms with Crippen LogP contribution in [0.2, 0.25) is 0 Å². The average Bonchev–Trinajstić information content (AvgIpc) is 2.06. The van der Waals surface area contributed by atoms with Crippen molar-refractivity contribution in [2.75, 3.05) is 0 Å². The third-order valence-electron chi connectivity index (χ3n) is 1.89. The molecular formula is C8H7BBrF3O2. The minimum Gasteiger partial charge on any atom is -0.423 e. The molecule has 2 N–H and O–H groups in total. The molecule has 0 saturated heterocycles. The van der Waals surface area contributed by atoms with Crippen LogP contribution in [0.25, 0.3) is 0 Å². The van der Waals surface area contributed by atoms with E-state index in [0.717, 1.165) is 6.07 Å². The SMILES string of the molecule is Cc1cc(C(F)(F)F)cc(B(O)O)c1Br. The Labute approximate surface area is 93.0 Å². The second-order valence-corrected chi connectivity index (χ2v) is 3.86. The summed E-state index contributed by atoms with van der Waals surface area (Å²) in [6, 6.07) is 1.65. The monoisotopic (exact) mass is 282 g/mol. The molecule has 0 radical (unpaired) electrons. The average molecular weight is 283 g/mol. The van der Waals surface area contributed by atoms with Crippen LogP contribution in [-0.2, 0) is 6.18 Å². The molecule has 7 heteroatoms. The highest BCUT2D eigenvalue weighted by Gasteiger charge is 2.32. The van der Waals surface area contributed by atoms with E-state index in [1.807, 2.05) is 0 Å². The molecule has 0 aliphatic rings. The van der Waals surface area contributed by atoms with E-state index in [2.05, 4.69) is 15.9 Å². The zero-order valence-electron chi connectivity index (χ0n) is 7.64. The van der Waals surface area contributed by atoms with Gasteiger partial charge in [0.25, 0.3) is 0 Å². The summed E-state index contributed by atoms with van der Waals surface area (Å²) in [6.45, 7) is 1.45. The van der Waals surface area contributed by atoms with Crippen molar-refractivity contribution in [3.63, 3.8) is 0 Å². The number of alkyl halides is 3. The molecule has 0 aliphatic heterocycles. The number of benzene rings is 1. The Balaban J connectivity index is 3.36. The summed E-state index contributed by atoms with van der Waals surface area (Å²) in [5.41, 5.74) is -0.790. The van der Waals surface area contributed by atoms with Gasteiger partial charge in [-0.25, -0.2) is 0 Å². The molecule has 0 heterocycles. The quantitative estimate of drug-likeness (QED) is 0.766. The summed E-state index contributed by atoms with van der Waals surface area (Å²) in [6.07, 6.45) is -4.49. The first kappa shape index (κ1) is 12.5. The van der Waals surface area contributed by atoms with Gasteiger partial charge >= 0.3 is 13.3 Å². The number of hydrogen-bond donors (Lipinski definition) is 2. The van der Waals surface area contributed by atoms with Crippen LogP contribution in [0.4, 0.5) is 13.2 Å². The van der Waals surface area contributed by atoms with Gasteiger partial charge < -0.3 is 10.0 Å². The summed E-state index contributed by atoms with van der Waals surface area (Å²) in [4.78, 5) is 0. The lowest BCUT2D eigenvalue weighted by Gasteiger charge is -2.12. The molecule has 0 aromatic heterocycles. The van der Waals surface area contributed by atoms with Crippen molar-refractivity contribution in [2.24, 2.45) is 0 Å². The zero-order valence-corrected chi connectivity index (χ0v) is 9.22. The fraction of sp³-hybridized carbons (Fsp3) is 0.250. The molecule has 15 heavy (non-hydrogen) atoms. The second kappa shape index (κ2) is 4.15. The molecule has 0 atom stereocenters. The van der Waals surface area contributed by atoms with Crippen LogP contribution in [0.15, 0.2) is 16.6 Å². The van der Waals surface area contributed by atoms with Crippen molar-refractivity contribution < 1.29 is 23.2 Å². The molecule has 1 aromatic carbocycles. The van der Waals surface area contributed by atoms with E-state index in [0.29, 0.717) is 11.6 Å². The molecule has 0 amide bonds. The lowest BCUT2D eigenvalue weighted by atomic mass is 9.78. The Hall–Kier alpha value is -0.525. The van der Waals surface area contributed by atoms with E-state index in [9.17, 15) is 13.2 Å². The van der Waals surface area contributed by atoms with Crippen LogP contribution in [0.1, 0.15) is 11.1 Å². The summed E-state index contributed by atoms with van der Waals surface area (Å²) < 4.78 is 37.4. The summed E-state index contributed by atoms with van der Waals surface area (Å²) in [5, 5.41) is 17.8. The van der Waals surface area contributed by atoms with Crippen molar-refractivity contribution in [2.45, 2.75) is 13.1 Å². The van der Waals surface area contributed by atoms with E-state index < -0.39 is 18.9 Å². The van der Waals surface area contributed by atoms with Gasteiger partial charge in [-0.2, -0.15) is 13.2 Å². The molecule has 1 rings (SSSR count). The van der Waals surface area contributed by atoms with E-state index in [1.165, 1.54) is 6.92 Å². The molecule has 0 saturated carbocycles. The van der Waals surface area contributed by atoms with Crippen LogP contribution in [-0.4, -0.2) is 17.2 Å². The Morgan fingerprint density at radius 3 is 2.20 bits per heavy atom. The van der Waals surface area contributed by atoms with Gasteiger partial charge in [-0.15, -0.1) is 0 Å². The molecule has 2 nitrogen and oxygen atoms in total. The maximum absolute atomic E-state index is 12.4. The normalized spacial score (nSPS) is 11.7. The Morgan fingerprint density at radius 1 is 1.27 bits per heavy atom. The summed E-state index contributed by atoms with van der Waals surface area (Å²) >= 11 is 2.99. The van der Waals surface area contributed by atoms with Crippen LogP contribution in [0, 0.1) is 6.92 Å². The van der Waals surface area contributed by atoms with Crippen molar-refractivity contribution in [3.05, 3.63) is 27.7 Å². The standard InChI is InChI=1S/C8H7BBrF3O2/c1-4-2-5(8(11,12)13)3-6(7(4)10)9(14)15/h2-3,14-15H,1H3. The Bertz CT molecular complexity index is 379. The Kier molecular flexibility index (Phi) is 3.47. The van der Waals surface area contributed by atoms with Crippen molar-refractivity contribution >= 4 is 28.5 Å². The minimum atomic E-state index is -4.49. The highest BCUT2D eigenvalue weighted by Crippen LogP contribution is 2.30. The zero-order chi connectivity index (χ0) is 11.8. The lowest BCUT2D eigenvalue weighted by molar-refractivity contribution is -0.137. The molecule has 0 unspecified atom stereocenters. The molecule has 0 spiro atoms. The van der Waals surface area contributed by atoms with Crippen molar-refractivity contribution in [3.8, 4) is 0 Å². The molecule has 0 bridgehead atoms. The predicted octanol–water partition coefficient (Wildman–Crippen LogP) is 1.46. The van der Waals surface area contributed by atoms with Gasteiger partial charge in [-0.05, 0) is 30.1 Å². The molecular weight excluding hydrogens is 276 g/mol. The van der Waals surface area contributed by atoms with Crippen molar-refractivity contribution in [1.29, 1.82) is 0 Å². The third-order valence-corrected chi connectivity index (χ3v) is 2.97. The first-order chi connectivity index (χ1) is 6.73. The highest BCUT2D eigenvalue weighted by molar-refractivity contribution is 9.10. The van der Waals surface area contributed by atoms with E-state index in [-0.39, 0.29) is 9.94 Å². The highest BCUT2D eigenvalue weighted by atomic mass is 79.9. The Morgan fingerprint density at radius 2 is 1.80 bits per heavy atom. The summed E-state index contributed by atoms with van der Waals surface area (Å²) in [7, 11) is -1.93. The van der Waals surface area contributed by atoms with Gasteiger partial charge in [0.05, 0.1) is 5.56 Å². The number of hydrogen-bond acceptors (Lipinski definition) is 2. The number of rotatable bonds is 1. The van der Waals surface area contributed by atoms with Gasteiger partial charge in [0.1, 0.15) is 0 Å². The van der Waals surface area contributed by atoms with E-state index in [1.54, 1.807) is 0 Å². The van der Waals surface area contributed by atoms with Crippen molar-refractivity contribution in [1.82, 2.24) is 0 Å². The fourth-order valence-corrected chi connectivity index (χ4v) is 1.58. The van der Waals surface area contributed by atoms with Gasteiger partial charge in [-0.3, -0.25) is 0 Å². The van der Waals surface area contributed by atoms with Gasteiger partial charge in [0.2, 0.25) is 0 Å². The maximum Gasteiger partial charge on any atom is 0.489 e. The topological polar surface area (TPSA) is 40.5 Å². The van der Waals surface area contributed by atoms with E-state index >= 15 is 0 Å². The van der Waals surface area contributed by atoms with Crippen LogP contribution in [0.5, 0.6) is 0 Å². The van der Waals surface area contributed by atoms with Crippen LogP contribution >= 0.6 is 15.9 Å². The summed E-state index contributed by atoms with van der Waals surface area (Å²) in [5.74, 6) is 0. The smallest absolute Gasteiger partial charge is 0.423 e. The minimum absolute atomic E-state index is 0.192. The lowest BCUT2D eigenvalue weighted by Crippen LogP contribution is -2.32. The fourth-order valence-electron chi connectivity index (χ4n) is 1.15. The number of aryl methyl sites for hydroxylation is 1. The van der Waals surface area contributed by atoms with Gasteiger partial charge in [0.15, 0.2) is 0 Å². The largest absolute Gasteiger partial charge is 0.489 e. The first-order valence-corrected chi connectivity index (χ1v) is 4.76. The van der Waals surface area contributed by atoms with Gasteiger partial charge in [0, 0.05) is 4.47 Å². The maximum atomic E-state index is 12.4. The second-order valence-electron chi connectivity index (χ2n) is 3.07. The number of halogens is 4. The molecule has 82 valence electrons. The first-order valence-electron chi connectivity index (χ1n) is 3.97. The molecule has 0 aliphatic carbocycles.